The van der Waals surface area contributed by atoms with Crippen LogP contribution in [0.15, 0.2) is 29.8 Å². The third-order valence-electron chi connectivity index (χ3n) is 3.04. The third kappa shape index (κ3) is 3.82. The second-order valence-electron chi connectivity index (χ2n) is 4.99. The summed E-state index contributed by atoms with van der Waals surface area (Å²) in [6.07, 6.45) is 0. The molecule has 0 atom stereocenters. The second-order valence-corrected chi connectivity index (χ2v) is 5.88. The first-order chi connectivity index (χ1) is 10.5. The van der Waals surface area contributed by atoms with Crippen molar-refractivity contribution in [2.45, 2.75) is 26.3 Å². The first-order valence-corrected chi connectivity index (χ1v) is 7.66. The Hall–Kier alpha value is -2.41. The minimum Gasteiger partial charge on any atom is -0.478 e. The number of urea groups is 1. The summed E-state index contributed by atoms with van der Waals surface area (Å²) in [6.45, 7) is 4.19. The van der Waals surface area contributed by atoms with Gasteiger partial charge in [-0.1, -0.05) is 32.0 Å². The normalized spacial score (nSPS) is 10.5. The Bertz CT molecular complexity index is 682. The summed E-state index contributed by atoms with van der Waals surface area (Å²) >= 11 is 1.49. The van der Waals surface area contributed by atoms with E-state index in [2.05, 4.69) is 15.6 Å². The minimum atomic E-state index is -1.01. The van der Waals surface area contributed by atoms with Gasteiger partial charge in [0.2, 0.25) is 0 Å². The van der Waals surface area contributed by atoms with Crippen molar-refractivity contribution in [2.75, 3.05) is 5.32 Å². The number of hydrogen-bond donors (Lipinski definition) is 3. The van der Waals surface area contributed by atoms with Crippen LogP contribution in [0.2, 0.25) is 0 Å². The van der Waals surface area contributed by atoms with Gasteiger partial charge in [-0.15, -0.1) is 11.3 Å². The van der Waals surface area contributed by atoms with E-state index in [0.717, 1.165) is 4.88 Å². The molecule has 1 aromatic heterocycles. The van der Waals surface area contributed by atoms with Crippen LogP contribution in [-0.4, -0.2) is 22.1 Å². The molecule has 2 rings (SSSR count). The quantitative estimate of drug-likeness (QED) is 0.788. The molecule has 0 bridgehead atoms. The van der Waals surface area contributed by atoms with Crippen LogP contribution >= 0.6 is 11.3 Å². The number of anilines is 1. The number of benzene rings is 1. The maximum Gasteiger partial charge on any atom is 0.336 e. The predicted octanol–water partition coefficient (Wildman–Crippen LogP) is 3.29. The van der Waals surface area contributed by atoms with Gasteiger partial charge >= 0.3 is 12.0 Å². The molecular weight excluding hydrogens is 302 g/mol. The number of carbonyl (C=O) groups excluding carboxylic acids is 1. The molecule has 2 amide bonds. The summed E-state index contributed by atoms with van der Waals surface area (Å²) in [5.74, 6) is -0.195. The molecule has 1 aromatic carbocycles. The van der Waals surface area contributed by atoms with E-state index in [1.165, 1.54) is 17.4 Å². The lowest BCUT2D eigenvalue weighted by molar-refractivity contribution is 0.0695. The summed E-state index contributed by atoms with van der Waals surface area (Å²) in [4.78, 5) is 28.2. The molecule has 0 spiro atoms. The zero-order chi connectivity index (χ0) is 16.1. The van der Waals surface area contributed by atoms with Gasteiger partial charge in [-0.05, 0) is 17.5 Å². The zero-order valence-corrected chi connectivity index (χ0v) is 13.1. The number of nitrogens with zero attached hydrogens (tertiary/aromatic N) is 1. The van der Waals surface area contributed by atoms with Crippen LogP contribution in [0.5, 0.6) is 0 Å². The van der Waals surface area contributed by atoms with Crippen LogP contribution in [0.1, 0.15) is 40.6 Å². The summed E-state index contributed by atoms with van der Waals surface area (Å²) in [6, 6.07) is 6.16. The number of aromatic nitrogens is 1. The molecule has 7 heteroatoms. The van der Waals surface area contributed by atoms with Gasteiger partial charge in [0.1, 0.15) is 5.82 Å². The lowest BCUT2D eigenvalue weighted by atomic mass is 10.1. The first kappa shape index (κ1) is 16.0. The molecule has 0 radical (unpaired) electrons. The van der Waals surface area contributed by atoms with Crippen LogP contribution < -0.4 is 10.6 Å². The van der Waals surface area contributed by atoms with Gasteiger partial charge in [-0.25, -0.2) is 14.6 Å². The SMILES string of the molecule is CC(C)c1scnc1NC(=O)NCc1ccccc1C(=O)O. The minimum absolute atomic E-state index is 0.134. The monoisotopic (exact) mass is 319 g/mol. The van der Waals surface area contributed by atoms with E-state index in [-0.39, 0.29) is 18.0 Å². The maximum absolute atomic E-state index is 11.9. The predicted molar refractivity (Wildman–Crippen MR) is 85.5 cm³/mol. The van der Waals surface area contributed by atoms with E-state index in [0.29, 0.717) is 11.4 Å². The number of nitrogens with one attached hydrogen (secondary N) is 2. The van der Waals surface area contributed by atoms with Gasteiger partial charge in [-0.3, -0.25) is 5.32 Å². The number of rotatable bonds is 5. The lowest BCUT2D eigenvalue weighted by Gasteiger charge is -2.10. The number of carboxylic acids is 1. The first-order valence-electron chi connectivity index (χ1n) is 6.78. The summed E-state index contributed by atoms with van der Waals surface area (Å²) in [5, 5.41) is 14.4. The van der Waals surface area contributed by atoms with Gasteiger partial charge in [0.15, 0.2) is 0 Å². The Labute approximate surface area is 132 Å². The topological polar surface area (TPSA) is 91.3 Å². The van der Waals surface area contributed by atoms with E-state index in [4.69, 9.17) is 5.11 Å². The second kappa shape index (κ2) is 7.04. The third-order valence-corrected chi connectivity index (χ3v) is 4.17. The molecule has 0 unspecified atom stereocenters. The fourth-order valence-electron chi connectivity index (χ4n) is 1.97. The molecule has 0 saturated carbocycles. The van der Waals surface area contributed by atoms with Gasteiger partial charge in [-0.2, -0.15) is 0 Å². The van der Waals surface area contributed by atoms with Crippen LogP contribution in [-0.2, 0) is 6.54 Å². The molecule has 0 aliphatic rings. The Morgan fingerprint density at radius 1 is 1.32 bits per heavy atom. The van der Waals surface area contributed by atoms with Crippen molar-refractivity contribution < 1.29 is 14.7 Å². The molecule has 0 aliphatic carbocycles. The standard InChI is InChI=1S/C15H17N3O3S/c1-9(2)12-13(17-8-22-12)18-15(21)16-7-10-5-3-4-6-11(10)14(19)20/h3-6,8-9H,7H2,1-2H3,(H,19,20)(H2,16,18,21). The average Bonchev–Trinajstić information content (AvgIpc) is 2.93. The highest BCUT2D eigenvalue weighted by molar-refractivity contribution is 7.10. The zero-order valence-electron chi connectivity index (χ0n) is 12.3. The highest BCUT2D eigenvalue weighted by atomic mass is 32.1. The van der Waals surface area contributed by atoms with Crippen LogP contribution in [0, 0.1) is 0 Å². The largest absolute Gasteiger partial charge is 0.478 e. The maximum atomic E-state index is 11.9. The van der Waals surface area contributed by atoms with Crippen molar-refractivity contribution in [2.24, 2.45) is 0 Å². The summed E-state index contributed by atoms with van der Waals surface area (Å²) in [7, 11) is 0. The van der Waals surface area contributed by atoms with E-state index in [9.17, 15) is 9.59 Å². The molecule has 0 aliphatic heterocycles. The van der Waals surface area contributed by atoms with Gasteiger partial charge in [0.25, 0.3) is 0 Å². The molecule has 22 heavy (non-hydrogen) atoms. The number of aromatic carboxylic acids is 1. The summed E-state index contributed by atoms with van der Waals surface area (Å²) in [5.41, 5.74) is 2.41. The number of thiazole rings is 1. The van der Waals surface area contributed by atoms with E-state index >= 15 is 0 Å². The number of amides is 2. The van der Waals surface area contributed by atoms with Gasteiger partial charge in [0.05, 0.1) is 16.0 Å². The van der Waals surface area contributed by atoms with Crippen molar-refractivity contribution >= 4 is 29.2 Å². The van der Waals surface area contributed by atoms with Gasteiger partial charge in [0, 0.05) is 6.54 Å². The molecule has 0 fully saturated rings. The van der Waals surface area contributed by atoms with E-state index in [1.54, 1.807) is 23.7 Å². The van der Waals surface area contributed by atoms with Gasteiger partial charge < -0.3 is 10.4 Å². The highest BCUT2D eigenvalue weighted by Gasteiger charge is 2.13. The summed E-state index contributed by atoms with van der Waals surface area (Å²) < 4.78 is 0. The Morgan fingerprint density at radius 2 is 2.05 bits per heavy atom. The van der Waals surface area contributed by atoms with Crippen LogP contribution in [0.25, 0.3) is 0 Å². The van der Waals surface area contributed by atoms with Crippen molar-refractivity contribution in [3.8, 4) is 0 Å². The number of carboxylic acid groups (broad SMARTS) is 1. The van der Waals surface area contributed by atoms with Crippen molar-refractivity contribution in [3.63, 3.8) is 0 Å². The Morgan fingerprint density at radius 3 is 2.73 bits per heavy atom. The number of hydrogen-bond acceptors (Lipinski definition) is 4. The van der Waals surface area contributed by atoms with Crippen molar-refractivity contribution in [1.82, 2.24) is 10.3 Å². The van der Waals surface area contributed by atoms with E-state index in [1.807, 2.05) is 13.8 Å². The molecule has 3 N–H and O–H groups in total. The molecule has 116 valence electrons. The van der Waals surface area contributed by atoms with Crippen molar-refractivity contribution in [1.29, 1.82) is 0 Å². The Balaban J connectivity index is 1.99. The fraction of sp³-hybridized carbons (Fsp3) is 0.267. The van der Waals surface area contributed by atoms with E-state index < -0.39 is 12.0 Å². The number of carbonyl (C=O) groups is 2. The highest BCUT2D eigenvalue weighted by Crippen LogP contribution is 2.27. The fourth-order valence-corrected chi connectivity index (χ4v) is 2.73. The molecule has 2 aromatic rings. The molecule has 1 heterocycles. The van der Waals surface area contributed by atoms with Crippen LogP contribution in [0.3, 0.4) is 0 Å². The average molecular weight is 319 g/mol. The Kier molecular flexibility index (Phi) is 5.11. The van der Waals surface area contributed by atoms with Crippen molar-refractivity contribution in [3.05, 3.63) is 45.8 Å². The molecule has 0 saturated heterocycles. The molecular formula is C15H17N3O3S. The van der Waals surface area contributed by atoms with Crippen LogP contribution in [0.4, 0.5) is 10.6 Å². The lowest BCUT2D eigenvalue weighted by Crippen LogP contribution is -2.29. The molecule has 6 nitrogen and oxygen atoms in total. The smallest absolute Gasteiger partial charge is 0.336 e.